The van der Waals surface area contributed by atoms with Crippen LogP contribution in [0.5, 0.6) is 0 Å². The van der Waals surface area contributed by atoms with Crippen LogP contribution >= 0.6 is 11.3 Å². The third-order valence-corrected chi connectivity index (χ3v) is 3.40. The van der Waals surface area contributed by atoms with E-state index in [2.05, 4.69) is 6.07 Å². The molecule has 2 aromatic rings. The lowest BCUT2D eigenvalue weighted by Gasteiger charge is -2.06. The minimum absolute atomic E-state index is 0.0775. The number of thiophene rings is 1. The van der Waals surface area contributed by atoms with Crippen molar-refractivity contribution in [3.05, 3.63) is 58.3 Å². The number of hydrogen-bond acceptors (Lipinski definition) is 3. The first-order valence-electron chi connectivity index (χ1n) is 5.32. The number of ketones is 1. The highest BCUT2D eigenvalue weighted by molar-refractivity contribution is 7.12. The number of benzene rings is 1. The van der Waals surface area contributed by atoms with Crippen LogP contribution in [0, 0.1) is 17.2 Å². The van der Waals surface area contributed by atoms with Crippen LogP contribution < -0.4 is 0 Å². The number of hydrogen-bond donors (Lipinski definition) is 0. The molecule has 1 heterocycles. The Kier molecular flexibility index (Phi) is 3.69. The van der Waals surface area contributed by atoms with E-state index in [9.17, 15) is 4.79 Å². The Hall–Kier alpha value is -1.92. The van der Waals surface area contributed by atoms with Crippen LogP contribution in [0.15, 0.2) is 47.8 Å². The van der Waals surface area contributed by atoms with Crippen molar-refractivity contribution in [2.75, 3.05) is 0 Å². The Bertz CT molecular complexity index is 525. The molecule has 1 aromatic heterocycles. The number of nitriles is 1. The average molecular weight is 241 g/mol. The molecule has 0 saturated carbocycles. The van der Waals surface area contributed by atoms with Gasteiger partial charge in [-0.1, -0.05) is 36.4 Å². The van der Waals surface area contributed by atoms with Crippen LogP contribution in [0.1, 0.15) is 15.2 Å². The summed E-state index contributed by atoms with van der Waals surface area (Å²) in [7, 11) is 0. The fourth-order valence-corrected chi connectivity index (χ4v) is 2.36. The van der Waals surface area contributed by atoms with Gasteiger partial charge in [0.15, 0.2) is 5.78 Å². The van der Waals surface area contributed by atoms with Gasteiger partial charge in [-0.3, -0.25) is 4.79 Å². The maximum absolute atomic E-state index is 12.0. The number of nitrogens with zero attached hydrogens (tertiary/aromatic N) is 1. The molecule has 0 amide bonds. The summed E-state index contributed by atoms with van der Waals surface area (Å²) in [6.07, 6.45) is 0.480. The second kappa shape index (κ2) is 5.42. The van der Waals surface area contributed by atoms with E-state index in [1.165, 1.54) is 11.3 Å². The monoisotopic (exact) mass is 241 g/mol. The molecule has 1 unspecified atom stereocenters. The molecule has 3 heteroatoms. The lowest BCUT2D eigenvalue weighted by molar-refractivity contribution is 0.0952. The molecule has 0 radical (unpaired) electrons. The second-order valence-electron chi connectivity index (χ2n) is 3.71. The van der Waals surface area contributed by atoms with Gasteiger partial charge in [-0.2, -0.15) is 5.26 Å². The van der Waals surface area contributed by atoms with Crippen molar-refractivity contribution in [3.63, 3.8) is 0 Å². The second-order valence-corrected chi connectivity index (χ2v) is 4.66. The highest BCUT2D eigenvalue weighted by atomic mass is 32.1. The van der Waals surface area contributed by atoms with Gasteiger partial charge in [-0.05, 0) is 23.4 Å². The molecule has 0 aliphatic rings. The van der Waals surface area contributed by atoms with Gasteiger partial charge in [0, 0.05) is 0 Å². The van der Waals surface area contributed by atoms with E-state index in [4.69, 9.17) is 5.26 Å². The van der Waals surface area contributed by atoms with E-state index >= 15 is 0 Å². The first kappa shape index (κ1) is 11.6. The summed E-state index contributed by atoms with van der Waals surface area (Å²) in [6, 6.07) is 15.3. The van der Waals surface area contributed by atoms with Crippen LogP contribution in [0.4, 0.5) is 0 Å². The quantitative estimate of drug-likeness (QED) is 0.770. The highest BCUT2D eigenvalue weighted by Crippen LogP contribution is 2.17. The standard InChI is InChI=1S/C14H11NOS/c15-10-12(9-11-5-2-1-3-6-11)14(16)13-7-4-8-17-13/h1-8,12H,9H2. The molecule has 1 atom stereocenters. The van der Waals surface area contributed by atoms with E-state index < -0.39 is 5.92 Å². The Morgan fingerprint density at radius 3 is 2.59 bits per heavy atom. The van der Waals surface area contributed by atoms with Crippen LogP contribution in [0.2, 0.25) is 0 Å². The SMILES string of the molecule is N#CC(Cc1ccccc1)C(=O)c1cccs1. The van der Waals surface area contributed by atoms with Crippen molar-refractivity contribution in [2.24, 2.45) is 5.92 Å². The molecule has 84 valence electrons. The molecule has 0 N–H and O–H groups in total. The Balaban J connectivity index is 2.13. The fraction of sp³-hybridized carbons (Fsp3) is 0.143. The van der Waals surface area contributed by atoms with E-state index in [1.54, 1.807) is 6.07 Å². The van der Waals surface area contributed by atoms with Crippen molar-refractivity contribution < 1.29 is 4.79 Å². The predicted molar refractivity (Wildman–Crippen MR) is 67.9 cm³/mol. The fourth-order valence-electron chi connectivity index (χ4n) is 1.64. The van der Waals surface area contributed by atoms with Crippen molar-refractivity contribution in [3.8, 4) is 6.07 Å². The third kappa shape index (κ3) is 2.80. The molecule has 0 bridgehead atoms. The molecule has 0 spiro atoms. The van der Waals surface area contributed by atoms with Gasteiger partial charge in [0.05, 0.1) is 10.9 Å². The normalized spacial score (nSPS) is 11.7. The Labute approximate surface area is 104 Å². The lowest BCUT2D eigenvalue weighted by atomic mass is 9.96. The van der Waals surface area contributed by atoms with Crippen molar-refractivity contribution in [2.45, 2.75) is 6.42 Å². The van der Waals surface area contributed by atoms with E-state index in [0.717, 1.165) is 5.56 Å². The summed E-state index contributed by atoms with van der Waals surface area (Å²) in [5, 5.41) is 10.9. The average Bonchev–Trinajstić information content (AvgIpc) is 2.90. The summed E-state index contributed by atoms with van der Waals surface area (Å²) in [5.74, 6) is -0.664. The number of rotatable bonds is 4. The molecular formula is C14H11NOS. The van der Waals surface area contributed by atoms with Gasteiger partial charge >= 0.3 is 0 Å². The topological polar surface area (TPSA) is 40.9 Å². The zero-order chi connectivity index (χ0) is 12.1. The van der Waals surface area contributed by atoms with Crippen LogP contribution in [-0.2, 0) is 6.42 Å². The molecule has 0 aliphatic heterocycles. The number of Topliss-reactive ketones (excluding diaryl/α,β-unsaturated/α-hetero) is 1. The minimum Gasteiger partial charge on any atom is -0.292 e. The zero-order valence-corrected chi connectivity index (χ0v) is 9.98. The van der Waals surface area contributed by atoms with Crippen LogP contribution in [0.3, 0.4) is 0 Å². The highest BCUT2D eigenvalue weighted by Gasteiger charge is 2.20. The van der Waals surface area contributed by atoms with Gasteiger partial charge < -0.3 is 0 Å². The third-order valence-electron chi connectivity index (χ3n) is 2.52. The summed E-state index contributed by atoms with van der Waals surface area (Å²) in [4.78, 5) is 12.7. The summed E-state index contributed by atoms with van der Waals surface area (Å²) in [6.45, 7) is 0. The van der Waals surface area contributed by atoms with Gasteiger partial charge in [0.1, 0.15) is 5.92 Å². The van der Waals surface area contributed by atoms with Crippen LogP contribution in [-0.4, -0.2) is 5.78 Å². The van der Waals surface area contributed by atoms with Crippen molar-refractivity contribution in [1.82, 2.24) is 0 Å². The van der Waals surface area contributed by atoms with E-state index in [-0.39, 0.29) is 5.78 Å². The largest absolute Gasteiger partial charge is 0.292 e. The Morgan fingerprint density at radius 1 is 1.24 bits per heavy atom. The minimum atomic E-state index is -0.587. The molecule has 2 nitrogen and oxygen atoms in total. The maximum atomic E-state index is 12.0. The number of carbonyl (C=O) groups is 1. The van der Waals surface area contributed by atoms with Gasteiger partial charge in [-0.15, -0.1) is 11.3 Å². The van der Waals surface area contributed by atoms with Gasteiger partial charge in [0.2, 0.25) is 0 Å². The smallest absolute Gasteiger partial charge is 0.190 e. The molecule has 1 aromatic carbocycles. The van der Waals surface area contributed by atoms with Gasteiger partial charge in [0.25, 0.3) is 0 Å². The van der Waals surface area contributed by atoms with Gasteiger partial charge in [-0.25, -0.2) is 0 Å². The summed E-state index contributed by atoms with van der Waals surface area (Å²) in [5.41, 5.74) is 1.02. The van der Waals surface area contributed by atoms with Crippen molar-refractivity contribution >= 4 is 17.1 Å². The molecule has 0 saturated heterocycles. The summed E-state index contributed by atoms with van der Waals surface area (Å²) < 4.78 is 0. The lowest BCUT2D eigenvalue weighted by Crippen LogP contribution is -2.14. The molecule has 17 heavy (non-hydrogen) atoms. The first-order valence-corrected chi connectivity index (χ1v) is 6.20. The Morgan fingerprint density at radius 2 is 2.00 bits per heavy atom. The molecule has 2 rings (SSSR count). The predicted octanol–water partition coefficient (Wildman–Crippen LogP) is 3.31. The molecule has 0 aliphatic carbocycles. The van der Waals surface area contributed by atoms with E-state index in [1.807, 2.05) is 41.8 Å². The van der Waals surface area contributed by atoms with Crippen molar-refractivity contribution in [1.29, 1.82) is 5.26 Å². The summed E-state index contributed by atoms with van der Waals surface area (Å²) >= 11 is 1.38. The maximum Gasteiger partial charge on any atom is 0.190 e. The zero-order valence-electron chi connectivity index (χ0n) is 9.17. The molecule has 0 fully saturated rings. The number of carbonyl (C=O) groups excluding carboxylic acids is 1. The van der Waals surface area contributed by atoms with E-state index in [0.29, 0.717) is 11.3 Å². The van der Waals surface area contributed by atoms with Crippen LogP contribution in [0.25, 0.3) is 0 Å². The molecular weight excluding hydrogens is 230 g/mol. The first-order chi connectivity index (χ1) is 8.31.